The van der Waals surface area contributed by atoms with Crippen LogP contribution >= 0.6 is 11.6 Å². The van der Waals surface area contributed by atoms with Crippen LogP contribution < -0.4 is 10.6 Å². The Hall–Kier alpha value is -3.57. The number of fused-ring (bicyclic) bond motifs is 1. The van der Waals surface area contributed by atoms with Gasteiger partial charge in [-0.1, -0.05) is 53.6 Å². The average molecular weight is 445 g/mol. The van der Waals surface area contributed by atoms with Gasteiger partial charge < -0.3 is 10.3 Å². The van der Waals surface area contributed by atoms with Crippen molar-refractivity contribution in [2.24, 2.45) is 4.99 Å². The summed E-state index contributed by atoms with van der Waals surface area (Å²) in [6, 6.07) is 21.2. The Morgan fingerprint density at radius 2 is 1.78 bits per heavy atom. The Morgan fingerprint density at radius 1 is 1.00 bits per heavy atom. The molecule has 0 spiro atoms. The molecule has 5 nitrogen and oxygen atoms in total. The summed E-state index contributed by atoms with van der Waals surface area (Å²) in [5.74, 6) is 0.170. The molecule has 0 bridgehead atoms. The lowest BCUT2D eigenvalue weighted by Gasteiger charge is -2.14. The third-order valence-electron chi connectivity index (χ3n) is 5.39. The lowest BCUT2D eigenvalue weighted by Crippen LogP contribution is -2.36. The van der Waals surface area contributed by atoms with Gasteiger partial charge in [-0.25, -0.2) is 0 Å². The van der Waals surface area contributed by atoms with Gasteiger partial charge in [0.2, 0.25) is 5.96 Å². The van der Waals surface area contributed by atoms with Gasteiger partial charge >= 0.3 is 0 Å². The molecule has 0 radical (unpaired) electrons. The third-order valence-corrected chi connectivity index (χ3v) is 5.80. The second-order valence-corrected chi connectivity index (χ2v) is 8.10. The predicted molar refractivity (Wildman–Crippen MR) is 133 cm³/mol. The molecule has 4 aromatic rings. The molecular formula is C26H25ClN4O. The Bertz CT molecular complexity index is 1270. The fourth-order valence-corrected chi connectivity index (χ4v) is 3.67. The van der Waals surface area contributed by atoms with Gasteiger partial charge in [0.25, 0.3) is 5.91 Å². The van der Waals surface area contributed by atoms with E-state index >= 15 is 0 Å². The monoisotopic (exact) mass is 444 g/mol. The zero-order valence-electron chi connectivity index (χ0n) is 18.1. The normalized spacial score (nSPS) is 11.5. The fraction of sp³-hybridized carbons (Fsp3) is 0.154. The van der Waals surface area contributed by atoms with Crippen LogP contribution in [-0.4, -0.2) is 23.4 Å². The zero-order valence-corrected chi connectivity index (χ0v) is 18.8. The summed E-state index contributed by atoms with van der Waals surface area (Å²) in [4.78, 5) is 20.8. The van der Waals surface area contributed by atoms with Crippen molar-refractivity contribution in [1.82, 2.24) is 10.3 Å². The molecule has 0 saturated carbocycles. The van der Waals surface area contributed by atoms with Crippen LogP contribution in [0.2, 0.25) is 5.02 Å². The molecule has 3 N–H and O–H groups in total. The minimum Gasteiger partial charge on any atom is -0.361 e. The number of guanidine groups is 1. The number of carbonyl (C=O) groups excluding carboxylic acids is 1. The van der Waals surface area contributed by atoms with Crippen LogP contribution in [0.4, 0.5) is 5.69 Å². The van der Waals surface area contributed by atoms with Crippen LogP contribution in [0.5, 0.6) is 0 Å². The first kappa shape index (κ1) is 21.7. The number of anilines is 1. The van der Waals surface area contributed by atoms with Gasteiger partial charge in [-0.05, 0) is 61.7 Å². The van der Waals surface area contributed by atoms with E-state index in [2.05, 4.69) is 32.7 Å². The number of nitrogens with zero attached hydrogens (tertiary/aromatic N) is 1. The van der Waals surface area contributed by atoms with Crippen LogP contribution in [0.25, 0.3) is 10.9 Å². The Kier molecular flexibility index (Phi) is 6.57. The van der Waals surface area contributed by atoms with E-state index in [1.165, 1.54) is 10.9 Å². The molecule has 0 aliphatic carbocycles. The van der Waals surface area contributed by atoms with Crippen molar-refractivity contribution in [3.8, 4) is 0 Å². The first-order valence-corrected chi connectivity index (χ1v) is 10.9. The molecule has 0 atom stereocenters. The minimum absolute atomic E-state index is 0.219. The molecule has 1 heterocycles. The van der Waals surface area contributed by atoms with Crippen LogP contribution in [0.3, 0.4) is 0 Å². The number of aryl methyl sites for hydroxylation is 1. The van der Waals surface area contributed by atoms with Crippen molar-refractivity contribution in [2.75, 3.05) is 11.9 Å². The summed E-state index contributed by atoms with van der Waals surface area (Å²) >= 11 is 6.27. The maximum Gasteiger partial charge on any atom is 0.257 e. The van der Waals surface area contributed by atoms with Gasteiger partial charge in [-0.3, -0.25) is 15.1 Å². The summed E-state index contributed by atoms with van der Waals surface area (Å²) in [7, 11) is 0. The number of para-hydroxylation sites is 1. The van der Waals surface area contributed by atoms with E-state index in [4.69, 9.17) is 11.6 Å². The van der Waals surface area contributed by atoms with Crippen molar-refractivity contribution >= 4 is 40.1 Å². The van der Waals surface area contributed by atoms with Gasteiger partial charge in [0.1, 0.15) is 0 Å². The maximum atomic E-state index is 12.8. The van der Waals surface area contributed by atoms with E-state index < -0.39 is 0 Å². The molecule has 32 heavy (non-hydrogen) atoms. The summed E-state index contributed by atoms with van der Waals surface area (Å²) in [5.41, 5.74) is 5.65. The largest absolute Gasteiger partial charge is 0.361 e. The molecule has 0 saturated heterocycles. The SMILES string of the molecule is Cc1ccc(C(=O)NC(=NCCc2c[nH]c3ccccc23)Nc2cccc(Cl)c2C)cc1. The molecule has 0 fully saturated rings. The van der Waals surface area contributed by atoms with Crippen molar-refractivity contribution in [3.05, 3.63) is 100 Å². The standard InChI is InChI=1S/C26H25ClN4O/c1-17-10-12-19(13-11-17)25(32)31-26(30-23-9-5-7-22(27)18(23)2)28-15-14-20-16-29-24-8-4-3-6-21(20)24/h3-13,16,29H,14-15H2,1-2H3,(H2,28,30,31,32). The summed E-state index contributed by atoms with van der Waals surface area (Å²) in [5, 5.41) is 8.00. The first-order chi connectivity index (χ1) is 15.5. The van der Waals surface area contributed by atoms with Gasteiger partial charge in [0, 0.05) is 39.9 Å². The maximum absolute atomic E-state index is 12.8. The number of benzene rings is 3. The minimum atomic E-state index is -0.219. The number of carbonyl (C=O) groups is 1. The second-order valence-electron chi connectivity index (χ2n) is 7.70. The number of aliphatic imine (C=N–C) groups is 1. The molecule has 6 heteroatoms. The summed E-state index contributed by atoms with van der Waals surface area (Å²) < 4.78 is 0. The number of nitrogens with one attached hydrogen (secondary N) is 3. The first-order valence-electron chi connectivity index (χ1n) is 10.5. The predicted octanol–water partition coefficient (Wildman–Crippen LogP) is 5.88. The topological polar surface area (TPSA) is 69.3 Å². The van der Waals surface area contributed by atoms with Crippen molar-refractivity contribution in [2.45, 2.75) is 20.3 Å². The van der Waals surface area contributed by atoms with Gasteiger partial charge in [-0.15, -0.1) is 0 Å². The number of aromatic nitrogens is 1. The molecule has 1 aromatic heterocycles. The summed E-state index contributed by atoms with van der Waals surface area (Å²) in [6.45, 7) is 4.43. The quantitative estimate of drug-likeness (QED) is 0.266. The van der Waals surface area contributed by atoms with E-state index in [0.29, 0.717) is 23.1 Å². The van der Waals surface area contributed by atoms with Crippen LogP contribution in [0.15, 0.2) is 77.9 Å². The van der Waals surface area contributed by atoms with E-state index in [-0.39, 0.29) is 5.91 Å². The number of hydrogen-bond acceptors (Lipinski definition) is 2. The Balaban J connectivity index is 1.55. The van der Waals surface area contributed by atoms with E-state index in [0.717, 1.165) is 28.8 Å². The van der Waals surface area contributed by atoms with Crippen LogP contribution in [0.1, 0.15) is 27.0 Å². The Labute approximate surface area is 192 Å². The summed E-state index contributed by atoms with van der Waals surface area (Å²) in [6.07, 6.45) is 2.75. The molecule has 4 rings (SSSR count). The number of aromatic amines is 1. The van der Waals surface area contributed by atoms with Crippen molar-refractivity contribution in [3.63, 3.8) is 0 Å². The highest BCUT2D eigenvalue weighted by molar-refractivity contribution is 6.31. The van der Waals surface area contributed by atoms with Crippen molar-refractivity contribution < 1.29 is 4.79 Å². The van der Waals surface area contributed by atoms with E-state index in [1.807, 2.05) is 62.5 Å². The highest BCUT2D eigenvalue weighted by Gasteiger charge is 2.11. The van der Waals surface area contributed by atoms with E-state index in [9.17, 15) is 4.79 Å². The molecular weight excluding hydrogens is 420 g/mol. The fourth-order valence-electron chi connectivity index (χ4n) is 3.49. The average Bonchev–Trinajstić information content (AvgIpc) is 3.20. The smallest absolute Gasteiger partial charge is 0.257 e. The molecule has 0 aliphatic heterocycles. The lowest BCUT2D eigenvalue weighted by molar-refractivity contribution is 0.0977. The molecule has 0 unspecified atom stereocenters. The number of amides is 1. The zero-order chi connectivity index (χ0) is 22.5. The number of H-pyrrole nitrogens is 1. The molecule has 1 amide bonds. The van der Waals surface area contributed by atoms with Gasteiger partial charge in [0.05, 0.1) is 0 Å². The number of rotatable bonds is 5. The van der Waals surface area contributed by atoms with Crippen LogP contribution in [0, 0.1) is 13.8 Å². The molecule has 0 aliphatic rings. The highest BCUT2D eigenvalue weighted by Crippen LogP contribution is 2.23. The molecule has 162 valence electrons. The van der Waals surface area contributed by atoms with Gasteiger partial charge in [-0.2, -0.15) is 0 Å². The number of hydrogen-bond donors (Lipinski definition) is 3. The molecule has 3 aromatic carbocycles. The van der Waals surface area contributed by atoms with Gasteiger partial charge in [0.15, 0.2) is 0 Å². The second kappa shape index (κ2) is 9.71. The van der Waals surface area contributed by atoms with Crippen molar-refractivity contribution in [1.29, 1.82) is 0 Å². The third kappa shape index (κ3) is 5.01. The van der Waals surface area contributed by atoms with Crippen LogP contribution in [-0.2, 0) is 6.42 Å². The lowest BCUT2D eigenvalue weighted by atomic mass is 10.1. The Morgan fingerprint density at radius 3 is 2.59 bits per heavy atom. The van der Waals surface area contributed by atoms with E-state index in [1.54, 1.807) is 12.1 Å². The number of halogens is 1. The highest BCUT2D eigenvalue weighted by atomic mass is 35.5.